The first-order valence-electron chi connectivity index (χ1n) is 6.48. The number of carbonyl (C=O) groups excluding carboxylic acids is 2. The van der Waals surface area contributed by atoms with Crippen LogP contribution in [0.4, 0.5) is 0 Å². The van der Waals surface area contributed by atoms with Crippen LogP contribution in [0.2, 0.25) is 5.02 Å². The van der Waals surface area contributed by atoms with Crippen LogP contribution in [-0.4, -0.2) is 17.9 Å². The predicted molar refractivity (Wildman–Crippen MR) is 73.7 cm³/mol. The standard InChI is InChI=1S/C14H17ClN2O2/c15-11-5-3-4-10(8-11)9-16-13(18)14(19)17-12-6-1-2-7-12/h3-5,8,12H,1-2,6-7,9H2,(H,16,18)(H,17,19). The predicted octanol–water partition coefficient (Wildman–Crippen LogP) is 2.01. The fraction of sp³-hybridized carbons (Fsp3) is 0.429. The lowest BCUT2D eigenvalue weighted by Crippen LogP contribution is -2.43. The molecule has 1 fully saturated rings. The zero-order valence-electron chi connectivity index (χ0n) is 10.6. The van der Waals surface area contributed by atoms with Crippen molar-refractivity contribution in [1.82, 2.24) is 10.6 Å². The molecule has 0 spiro atoms. The van der Waals surface area contributed by atoms with Crippen LogP contribution in [0.15, 0.2) is 24.3 Å². The van der Waals surface area contributed by atoms with Gasteiger partial charge >= 0.3 is 11.8 Å². The average molecular weight is 281 g/mol. The van der Waals surface area contributed by atoms with Crippen LogP contribution in [0.25, 0.3) is 0 Å². The molecule has 1 aromatic rings. The number of rotatable bonds is 3. The van der Waals surface area contributed by atoms with Crippen molar-refractivity contribution in [2.45, 2.75) is 38.3 Å². The highest BCUT2D eigenvalue weighted by Crippen LogP contribution is 2.17. The van der Waals surface area contributed by atoms with Crippen LogP contribution in [0.3, 0.4) is 0 Å². The van der Waals surface area contributed by atoms with Gasteiger partial charge in [0.1, 0.15) is 0 Å². The van der Waals surface area contributed by atoms with E-state index in [0.717, 1.165) is 31.2 Å². The Morgan fingerprint density at radius 2 is 1.95 bits per heavy atom. The molecule has 2 amide bonds. The van der Waals surface area contributed by atoms with E-state index in [4.69, 9.17) is 11.6 Å². The van der Waals surface area contributed by atoms with Crippen molar-refractivity contribution in [3.63, 3.8) is 0 Å². The molecule has 102 valence electrons. The lowest BCUT2D eigenvalue weighted by molar-refractivity contribution is -0.139. The van der Waals surface area contributed by atoms with Crippen molar-refractivity contribution in [3.8, 4) is 0 Å². The Morgan fingerprint density at radius 1 is 1.21 bits per heavy atom. The molecule has 19 heavy (non-hydrogen) atoms. The first kappa shape index (κ1) is 13.9. The van der Waals surface area contributed by atoms with Crippen LogP contribution < -0.4 is 10.6 Å². The van der Waals surface area contributed by atoms with Gasteiger partial charge in [0.2, 0.25) is 0 Å². The molecule has 0 radical (unpaired) electrons. The molecule has 0 heterocycles. The van der Waals surface area contributed by atoms with Gasteiger partial charge in [-0.1, -0.05) is 36.6 Å². The maximum atomic E-state index is 11.6. The van der Waals surface area contributed by atoms with Gasteiger partial charge in [-0.15, -0.1) is 0 Å². The Balaban J connectivity index is 1.78. The van der Waals surface area contributed by atoms with E-state index in [9.17, 15) is 9.59 Å². The van der Waals surface area contributed by atoms with Gasteiger partial charge in [-0.3, -0.25) is 9.59 Å². The Kier molecular flexibility index (Phi) is 4.80. The van der Waals surface area contributed by atoms with E-state index in [1.54, 1.807) is 12.1 Å². The summed E-state index contributed by atoms with van der Waals surface area (Å²) >= 11 is 5.84. The largest absolute Gasteiger partial charge is 0.345 e. The Labute approximate surface area is 117 Å². The van der Waals surface area contributed by atoms with E-state index in [1.165, 1.54) is 0 Å². The Morgan fingerprint density at radius 3 is 2.63 bits per heavy atom. The molecule has 0 aliphatic heterocycles. The molecule has 1 aliphatic rings. The highest BCUT2D eigenvalue weighted by atomic mass is 35.5. The number of benzene rings is 1. The molecule has 4 nitrogen and oxygen atoms in total. The van der Waals surface area contributed by atoms with Crippen molar-refractivity contribution >= 4 is 23.4 Å². The highest BCUT2D eigenvalue weighted by Gasteiger charge is 2.20. The van der Waals surface area contributed by atoms with Crippen molar-refractivity contribution < 1.29 is 9.59 Å². The van der Waals surface area contributed by atoms with E-state index in [0.29, 0.717) is 11.6 Å². The van der Waals surface area contributed by atoms with E-state index in [1.807, 2.05) is 12.1 Å². The Hall–Kier alpha value is -1.55. The molecule has 5 heteroatoms. The van der Waals surface area contributed by atoms with Crippen molar-refractivity contribution in [3.05, 3.63) is 34.9 Å². The smallest absolute Gasteiger partial charge is 0.309 e. The van der Waals surface area contributed by atoms with Crippen LogP contribution in [0, 0.1) is 0 Å². The van der Waals surface area contributed by atoms with E-state index < -0.39 is 11.8 Å². The molecule has 0 unspecified atom stereocenters. The second-order valence-electron chi connectivity index (χ2n) is 4.77. The summed E-state index contributed by atoms with van der Waals surface area (Å²) in [6.07, 6.45) is 4.17. The highest BCUT2D eigenvalue weighted by molar-refractivity contribution is 6.35. The van der Waals surface area contributed by atoms with Gasteiger partial charge in [-0.25, -0.2) is 0 Å². The van der Waals surface area contributed by atoms with E-state index in [2.05, 4.69) is 10.6 Å². The van der Waals surface area contributed by atoms with E-state index in [-0.39, 0.29) is 6.04 Å². The van der Waals surface area contributed by atoms with Gasteiger partial charge in [0.15, 0.2) is 0 Å². The van der Waals surface area contributed by atoms with Crippen LogP contribution in [0.5, 0.6) is 0 Å². The normalized spacial score (nSPS) is 15.2. The number of nitrogens with one attached hydrogen (secondary N) is 2. The van der Waals surface area contributed by atoms with Gasteiger partial charge in [-0.2, -0.15) is 0 Å². The molecule has 2 rings (SSSR count). The molecular formula is C14H17ClN2O2. The summed E-state index contributed by atoms with van der Waals surface area (Å²) in [5.74, 6) is -1.14. The topological polar surface area (TPSA) is 58.2 Å². The molecule has 0 atom stereocenters. The summed E-state index contributed by atoms with van der Waals surface area (Å²) in [5.41, 5.74) is 0.870. The van der Waals surface area contributed by atoms with Crippen LogP contribution in [-0.2, 0) is 16.1 Å². The summed E-state index contributed by atoms with van der Waals surface area (Å²) in [7, 11) is 0. The summed E-state index contributed by atoms with van der Waals surface area (Å²) < 4.78 is 0. The fourth-order valence-electron chi connectivity index (χ4n) is 2.23. The first-order valence-corrected chi connectivity index (χ1v) is 6.86. The number of halogens is 1. The number of hydrogen-bond acceptors (Lipinski definition) is 2. The summed E-state index contributed by atoms with van der Waals surface area (Å²) in [4.78, 5) is 23.3. The molecule has 0 saturated heterocycles. The third kappa shape index (κ3) is 4.24. The number of amides is 2. The quantitative estimate of drug-likeness (QED) is 0.832. The van der Waals surface area contributed by atoms with Crippen molar-refractivity contribution in [2.24, 2.45) is 0 Å². The molecule has 0 bridgehead atoms. The minimum Gasteiger partial charge on any atom is -0.345 e. The zero-order chi connectivity index (χ0) is 13.7. The maximum absolute atomic E-state index is 11.6. The molecule has 2 N–H and O–H groups in total. The summed E-state index contributed by atoms with van der Waals surface area (Å²) in [5, 5.41) is 5.95. The third-order valence-corrected chi connectivity index (χ3v) is 3.47. The Bertz CT molecular complexity index is 470. The van der Waals surface area contributed by atoms with Gasteiger partial charge in [-0.05, 0) is 30.5 Å². The lowest BCUT2D eigenvalue weighted by Gasteiger charge is -2.11. The van der Waals surface area contributed by atoms with Gasteiger partial charge in [0, 0.05) is 17.6 Å². The summed E-state index contributed by atoms with van der Waals surface area (Å²) in [6, 6.07) is 7.34. The van der Waals surface area contributed by atoms with Gasteiger partial charge in [0.05, 0.1) is 0 Å². The fourth-order valence-corrected chi connectivity index (χ4v) is 2.44. The van der Waals surface area contributed by atoms with E-state index >= 15 is 0 Å². The first-order chi connectivity index (χ1) is 9.15. The maximum Gasteiger partial charge on any atom is 0.309 e. The van der Waals surface area contributed by atoms with Gasteiger partial charge in [0.25, 0.3) is 0 Å². The monoisotopic (exact) mass is 280 g/mol. The number of carbonyl (C=O) groups is 2. The van der Waals surface area contributed by atoms with Crippen LogP contribution >= 0.6 is 11.6 Å². The SMILES string of the molecule is O=C(NCc1cccc(Cl)c1)C(=O)NC1CCCC1. The lowest BCUT2D eigenvalue weighted by atomic mass is 10.2. The minimum absolute atomic E-state index is 0.157. The zero-order valence-corrected chi connectivity index (χ0v) is 11.4. The molecule has 1 saturated carbocycles. The third-order valence-electron chi connectivity index (χ3n) is 3.24. The van der Waals surface area contributed by atoms with Crippen molar-refractivity contribution in [1.29, 1.82) is 0 Å². The average Bonchev–Trinajstić information content (AvgIpc) is 2.89. The molecule has 1 aromatic carbocycles. The molecule has 1 aliphatic carbocycles. The second kappa shape index (κ2) is 6.57. The van der Waals surface area contributed by atoms with Crippen molar-refractivity contribution in [2.75, 3.05) is 0 Å². The van der Waals surface area contributed by atoms with Gasteiger partial charge < -0.3 is 10.6 Å². The number of hydrogen-bond donors (Lipinski definition) is 2. The molecular weight excluding hydrogens is 264 g/mol. The molecule has 0 aromatic heterocycles. The second-order valence-corrected chi connectivity index (χ2v) is 5.20. The minimum atomic E-state index is -0.591. The summed E-state index contributed by atoms with van der Waals surface area (Å²) in [6.45, 7) is 0.303. The van der Waals surface area contributed by atoms with Crippen LogP contribution in [0.1, 0.15) is 31.2 Å².